The Bertz CT molecular complexity index is 1290. The summed E-state index contributed by atoms with van der Waals surface area (Å²) in [5.41, 5.74) is 4.14. The maximum absolute atomic E-state index is 13.9. The number of hydrogen-bond donors (Lipinski definition) is 0. The Balaban J connectivity index is 1.90. The van der Waals surface area contributed by atoms with E-state index in [4.69, 9.17) is 16.7 Å². The fourth-order valence-corrected chi connectivity index (χ4v) is 3.47. The van der Waals surface area contributed by atoms with Crippen molar-refractivity contribution in [2.24, 2.45) is 0 Å². The lowest BCUT2D eigenvalue weighted by atomic mass is 10.1. The zero-order valence-electron chi connectivity index (χ0n) is 14.1. The fraction of sp³-hybridized carbons (Fsp3) is 0. The van der Waals surface area contributed by atoms with Gasteiger partial charge in [0.1, 0.15) is 11.5 Å². The van der Waals surface area contributed by atoms with Crippen molar-refractivity contribution in [3.8, 4) is 16.9 Å². The molecule has 5 aromatic rings. The third kappa shape index (κ3) is 2.66. The van der Waals surface area contributed by atoms with E-state index in [0.717, 1.165) is 33.1 Å². The largest absolute Gasteiger partial charge is 0.255 e. The first-order valence-corrected chi connectivity index (χ1v) is 8.87. The highest BCUT2D eigenvalue weighted by atomic mass is 35.5. The van der Waals surface area contributed by atoms with Gasteiger partial charge in [-0.2, -0.15) is 5.10 Å². The third-order valence-corrected chi connectivity index (χ3v) is 4.84. The molecule has 0 aliphatic heterocycles. The van der Waals surface area contributed by atoms with Crippen LogP contribution in [-0.4, -0.2) is 14.8 Å². The summed E-state index contributed by atoms with van der Waals surface area (Å²) in [6, 6.07) is 21.8. The molecule has 0 aliphatic carbocycles. The van der Waals surface area contributed by atoms with Gasteiger partial charge in [0.2, 0.25) is 0 Å². The Morgan fingerprint density at radius 2 is 1.67 bits per heavy atom. The molecule has 0 spiro atoms. The van der Waals surface area contributed by atoms with Gasteiger partial charge in [-0.1, -0.05) is 48.0 Å². The summed E-state index contributed by atoms with van der Waals surface area (Å²) in [5, 5.41) is 7.35. The predicted octanol–water partition coefficient (Wildman–Crippen LogP) is 6.03. The summed E-state index contributed by atoms with van der Waals surface area (Å²) in [6.07, 6.45) is 1.82. The smallest absolute Gasteiger partial charge is 0.125 e. The summed E-state index contributed by atoms with van der Waals surface area (Å²) in [7, 11) is 0. The van der Waals surface area contributed by atoms with Crippen LogP contribution in [0.4, 0.5) is 4.39 Å². The number of pyridine rings is 1. The fourth-order valence-electron chi connectivity index (χ4n) is 3.35. The van der Waals surface area contributed by atoms with Crippen LogP contribution in [-0.2, 0) is 0 Å². The summed E-state index contributed by atoms with van der Waals surface area (Å²) in [4.78, 5) is 4.58. The number of para-hydroxylation sites is 1. The molecule has 0 fully saturated rings. The molecule has 5 rings (SSSR count). The molecule has 0 saturated carbocycles. The summed E-state index contributed by atoms with van der Waals surface area (Å²) in [5.74, 6) is -0.303. The minimum Gasteiger partial charge on any atom is -0.255 e. The van der Waals surface area contributed by atoms with Crippen LogP contribution in [0.2, 0.25) is 5.02 Å². The topological polar surface area (TPSA) is 30.7 Å². The van der Waals surface area contributed by atoms with Crippen molar-refractivity contribution in [1.29, 1.82) is 0 Å². The highest BCUT2D eigenvalue weighted by Gasteiger charge is 2.17. The van der Waals surface area contributed by atoms with Gasteiger partial charge in [-0.3, -0.25) is 4.98 Å². The molecule has 2 heterocycles. The van der Waals surface area contributed by atoms with Crippen LogP contribution in [0.5, 0.6) is 0 Å². The van der Waals surface area contributed by atoms with E-state index in [1.54, 1.807) is 10.7 Å². The van der Waals surface area contributed by atoms with Crippen LogP contribution in [0.15, 0.2) is 79.0 Å². The Kier molecular flexibility index (Phi) is 3.66. The van der Waals surface area contributed by atoms with Crippen molar-refractivity contribution in [3.05, 3.63) is 89.8 Å². The van der Waals surface area contributed by atoms with Crippen molar-refractivity contribution in [1.82, 2.24) is 14.8 Å². The number of benzene rings is 3. The molecule has 0 unspecified atom stereocenters. The van der Waals surface area contributed by atoms with Crippen molar-refractivity contribution in [2.75, 3.05) is 0 Å². The van der Waals surface area contributed by atoms with E-state index in [1.807, 2.05) is 60.8 Å². The highest BCUT2D eigenvalue weighted by Crippen LogP contribution is 2.34. The van der Waals surface area contributed by atoms with Crippen molar-refractivity contribution in [3.63, 3.8) is 0 Å². The molecule has 0 radical (unpaired) electrons. The molecule has 3 nitrogen and oxygen atoms in total. The second kappa shape index (κ2) is 6.18. The Hall–Kier alpha value is -3.24. The molecule has 27 heavy (non-hydrogen) atoms. The van der Waals surface area contributed by atoms with Gasteiger partial charge < -0.3 is 0 Å². The van der Waals surface area contributed by atoms with Crippen molar-refractivity contribution < 1.29 is 4.39 Å². The molecule has 3 aromatic carbocycles. The molecule has 0 bridgehead atoms. The molecule has 0 atom stereocenters. The maximum Gasteiger partial charge on any atom is 0.125 e. The molecule has 0 saturated heterocycles. The van der Waals surface area contributed by atoms with E-state index in [0.29, 0.717) is 10.7 Å². The van der Waals surface area contributed by atoms with Gasteiger partial charge >= 0.3 is 0 Å². The summed E-state index contributed by atoms with van der Waals surface area (Å²) in [6.45, 7) is 0. The monoisotopic (exact) mass is 373 g/mol. The van der Waals surface area contributed by atoms with Gasteiger partial charge in [0.15, 0.2) is 0 Å². The third-order valence-electron chi connectivity index (χ3n) is 4.58. The lowest BCUT2D eigenvalue weighted by molar-refractivity contribution is 0.626. The van der Waals surface area contributed by atoms with E-state index in [9.17, 15) is 4.39 Å². The first-order valence-electron chi connectivity index (χ1n) is 8.49. The number of aromatic nitrogens is 3. The van der Waals surface area contributed by atoms with Crippen LogP contribution in [0, 0.1) is 5.82 Å². The number of fused-ring (bicyclic) bond motifs is 3. The number of hydrogen-bond acceptors (Lipinski definition) is 2. The normalized spacial score (nSPS) is 11.3. The standard InChI is InChI=1S/C22H13ClFN3/c23-15-10-8-14(9-11-15)21-19-13-25-20-7-2-1-6-18(20)22(19)27(26-21)17-5-3-4-16(24)12-17/h1-13H. The molecule has 2 aromatic heterocycles. The summed E-state index contributed by atoms with van der Waals surface area (Å²) >= 11 is 6.03. The highest BCUT2D eigenvalue weighted by molar-refractivity contribution is 6.30. The van der Waals surface area contributed by atoms with Crippen LogP contribution in [0.25, 0.3) is 38.8 Å². The minimum absolute atomic E-state index is 0.303. The molecule has 0 amide bonds. The summed E-state index contributed by atoms with van der Waals surface area (Å²) < 4.78 is 15.7. The van der Waals surface area contributed by atoms with E-state index >= 15 is 0 Å². The molecule has 5 heteroatoms. The van der Waals surface area contributed by atoms with Crippen LogP contribution in [0.3, 0.4) is 0 Å². The van der Waals surface area contributed by atoms with E-state index < -0.39 is 0 Å². The van der Waals surface area contributed by atoms with Gasteiger partial charge in [0.25, 0.3) is 0 Å². The SMILES string of the molecule is Fc1cccc(-n2nc(-c3ccc(Cl)cc3)c3cnc4ccccc4c32)c1. The number of rotatable bonds is 2. The van der Waals surface area contributed by atoms with Gasteiger partial charge in [0.05, 0.1) is 16.7 Å². The van der Waals surface area contributed by atoms with Gasteiger partial charge in [-0.25, -0.2) is 9.07 Å². The Morgan fingerprint density at radius 3 is 2.48 bits per heavy atom. The average Bonchev–Trinajstić information content (AvgIpc) is 3.09. The quantitative estimate of drug-likeness (QED) is 0.378. The van der Waals surface area contributed by atoms with Crippen LogP contribution >= 0.6 is 11.6 Å². The minimum atomic E-state index is -0.303. The molecule has 130 valence electrons. The zero-order valence-corrected chi connectivity index (χ0v) is 14.9. The maximum atomic E-state index is 13.9. The second-order valence-corrected chi connectivity index (χ2v) is 6.72. The van der Waals surface area contributed by atoms with Gasteiger partial charge in [-0.05, 0) is 36.4 Å². The van der Waals surface area contributed by atoms with Crippen LogP contribution < -0.4 is 0 Å². The lowest BCUT2D eigenvalue weighted by Gasteiger charge is -2.05. The Labute approximate surface area is 159 Å². The van der Waals surface area contributed by atoms with E-state index in [2.05, 4.69) is 4.98 Å². The van der Waals surface area contributed by atoms with Gasteiger partial charge in [0, 0.05) is 27.6 Å². The first-order chi connectivity index (χ1) is 13.2. The van der Waals surface area contributed by atoms with Crippen LogP contribution in [0.1, 0.15) is 0 Å². The van der Waals surface area contributed by atoms with E-state index in [-0.39, 0.29) is 5.82 Å². The first kappa shape index (κ1) is 16.0. The van der Waals surface area contributed by atoms with Crippen molar-refractivity contribution in [2.45, 2.75) is 0 Å². The number of nitrogens with zero attached hydrogens (tertiary/aromatic N) is 3. The molecular weight excluding hydrogens is 361 g/mol. The zero-order chi connectivity index (χ0) is 18.4. The Morgan fingerprint density at radius 1 is 0.852 bits per heavy atom. The molecule has 0 aliphatic rings. The van der Waals surface area contributed by atoms with Gasteiger partial charge in [-0.15, -0.1) is 0 Å². The van der Waals surface area contributed by atoms with E-state index in [1.165, 1.54) is 12.1 Å². The number of halogens is 2. The lowest BCUT2D eigenvalue weighted by Crippen LogP contribution is -1.97. The molecular formula is C22H13ClFN3. The average molecular weight is 374 g/mol. The predicted molar refractivity (Wildman–Crippen MR) is 107 cm³/mol. The van der Waals surface area contributed by atoms with Crippen molar-refractivity contribution >= 4 is 33.4 Å². The second-order valence-electron chi connectivity index (χ2n) is 6.28. The molecule has 0 N–H and O–H groups in total.